The van der Waals surface area contributed by atoms with Crippen molar-refractivity contribution in [3.05, 3.63) is 182 Å². The van der Waals surface area contributed by atoms with Crippen molar-refractivity contribution >= 4 is 120 Å². The van der Waals surface area contributed by atoms with Gasteiger partial charge in [0.1, 0.15) is 0 Å². The van der Waals surface area contributed by atoms with Crippen molar-refractivity contribution < 1.29 is 86.8 Å². The molecule has 6 saturated heterocycles. The summed E-state index contributed by atoms with van der Waals surface area (Å²) in [4.78, 5) is 0. The van der Waals surface area contributed by atoms with Crippen LogP contribution in [0.3, 0.4) is 0 Å². The van der Waals surface area contributed by atoms with Gasteiger partial charge >= 0.3 is 89.0 Å². The Balaban J connectivity index is 1.21. The fourth-order valence-electron chi connectivity index (χ4n) is 9.93. The van der Waals surface area contributed by atoms with Gasteiger partial charge in [0, 0.05) is 44.3 Å². The number of hydrogen-bond donors (Lipinski definition) is 2. The van der Waals surface area contributed by atoms with E-state index in [1.807, 2.05) is 195 Å². The van der Waals surface area contributed by atoms with Crippen LogP contribution in [0.2, 0.25) is 25.2 Å². The van der Waals surface area contributed by atoms with Crippen molar-refractivity contribution in [3.63, 3.8) is 0 Å². The maximum absolute atomic E-state index is 9.32. The molecule has 4 atom stereocenters. The van der Waals surface area contributed by atoms with Crippen LogP contribution in [-0.4, -0.2) is 165 Å². The normalized spacial score (nSPS) is 31.2. The Hall–Kier alpha value is -3.31. The lowest BCUT2D eigenvalue weighted by molar-refractivity contribution is 0.0292. The van der Waals surface area contributed by atoms with Crippen LogP contribution in [-0.2, 0) is 76.6 Å². The Bertz CT molecular complexity index is 2630. The van der Waals surface area contributed by atoms with Gasteiger partial charge in [-0.15, -0.1) is 0 Å². The lowest BCUT2D eigenvalue weighted by Gasteiger charge is -2.57. The minimum atomic E-state index is -4.90. The van der Waals surface area contributed by atoms with Crippen LogP contribution in [0.1, 0.15) is 12.8 Å². The molecule has 434 valence electrons. The van der Waals surface area contributed by atoms with Crippen molar-refractivity contribution in [2.75, 3.05) is 66.1 Å². The van der Waals surface area contributed by atoms with E-state index in [0.717, 1.165) is 0 Å². The van der Waals surface area contributed by atoms with Gasteiger partial charge in [0.15, 0.2) is 0 Å². The predicted molar refractivity (Wildman–Crippen MR) is 317 cm³/mol. The molecule has 8 bridgehead atoms. The van der Waals surface area contributed by atoms with E-state index in [1.54, 1.807) is 0 Å². The molecular weight excluding hydrogens is 1230 g/mol. The molecule has 6 aromatic carbocycles. The van der Waals surface area contributed by atoms with Gasteiger partial charge in [0.05, 0.1) is 52.9 Å². The van der Waals surface area contributed by atoms with Gasteiger partial charge < -0.3 is 86.8 Å². The molecule has 30 heteroatoms. The summed E-state index contributed by atoms with van der Waals surface area (Å²) in [5, 5.41) is 21.9. The first-order valence-electron chi connectivity index (χ1n) is 27.3. The third-order valence-electron chi connectivity index (χ3n) is 13.6. The minimum absolute atomic E-state index is 0.0865. The Kier molecular flexibility index (Phi) is 19.7. The highest BCUT2D eigenvalue weighted by Gasteiger charge is 2.78. The monoisotopic (exact) mass is 1290 g/mol. The van der Waals surface area contributed by atoms with Crippen molar-refractivity contribution in [1.82, 2.24) is 0 Å². The molecule has 12 rings (SSSR count). The lowest BCUT2D eigenvalue weighted by atomic mass is 10.4. The first-order valence-corrected chi connectivity index (χ1v) is 45.2. The summed E-state index contributed by atoms with van der Waals surface area (Å²) in [5.41, 5.74) is 0. The van der Waals surface area contributed by atoms with Crippen LogP contribution in [0.4, 0.5) is 0 Å². The van der Waals surface area contributed by atoms with Crippen LogP contribution in [0.25, 0.3) is 0 Å². The molecule has 82 heavy (non-hydrogen) atoms. The average Bonchev–Trinajstić information content (AvgIpc) is 3.68. The zero-order valence-corrected chi connectivity index (χ0v) is 55.5. The molecule has 6 aliphatic rings. The molecule has 6 heterocycles. The van der Waals surface area contributed by atoms with Crippen molar-refractivity contribution in [3.8, 4) is 0 Å². The molecule has 0 aromatic heterocycles. The van der Waals surface area contributed by atoms with Gasteiger partial charge in [0.2, 0.25) is 0 Å². The summed E-state index contributed by atoms with van der Waals surface area (Å²) in [6.07, 6.45) is 0.905. The zero-order chi connectivity index (χ0) is 56.5. The highest BCUT2D eigenvalue weighted by Crippen LogP contribution is 2.44. The molecule has 6 aliphatic heterocycles. The smallest absolute Gasteiger partial charge is 0.394 e. The Morgan fingerprint density at radius 2 is 0.500 bits per heavy atom. The molecule has 0 saturated carbocycles. The van der Waals surface area contributed by atoms with E-state index in [4.69, 9.17) is 76.6 Å². The van der Waals surface area contributed by atoms with E-state index < -0.39 is 89.0 Å². The largest absolute Gasteiger partial charge is 0.554 e. The number of rotatable bonds is 24. The lowest BCUT2D eigenvalue weighted by Crippen LogP contribution is -2.88. The van der Waals surface area contributed by atoms with E-state index in [1.165, 1.54) is 0 Å². The van der Waals surface area contributed by atoms with Crippen LogP contribution < -0.4 is 31.1 Å². The average molecular weight is 1290 g/mol. The van der Waals surface area contributed by atoms with E-state index in [9.17, 15) is 10.2 Å². The van der Waals surface area contributed by atoms with Crippen LogP contribution in [0.15, 0.2) is 182 Å². The first kappa shape index (κ1) is 60.4. The summed E-state index contributed by atoms with van der Waals surface area (Å²) in [6.45, 7) is 6.02. The Morgan fingerprint density at radius 1 is 0.293 bits per heavy atom. The summed E-state index contributed by atoms with van der Waals surface area (Å²) >= 11 is 0. The molecule has 0 aliphatic carbocycles. The van der Waals surface area contributed by atoms with Crippen molar-refractivity contribution in [2.24, 2.45) is 0 Å². The summed E-state index contributed by atoms with van der Waals surface area (Å²) in [5.74, 6) is 0. The third-order valence-corrected chi connectivity index (χ3v) is 52.6. The number of ether oxygens (including phenoxy) is 4. The third kappa shape index (κ3) is 13.5. The quantitative estimate of drug-likeness (QED) is 0.0659. The Morgan fingerprint density at radius 3 is 0.720 bits per heavy atom. The van der Waals surface area contributed by atoms with Gasteiger partial charge in [-0.25, -0.2) is 0 Å². The zero-order valence-electron chi connectivity index (χ0n) is 45.5. The van der Waals surface area contributed by atoms with Gasteiger partial charge in [-0.3, -0.25) is 0 Å². The fraction of sp³-hybridized carbons (Fsp3) is 0.308. The topological polar surface area (TPSA) is 207 Å². The second kappa shape index (κ2) is 26.8. The molecular formula is C52H66O20Si10. The van der Waals surface area contributed by atoms with E-state index in [2.05, 4.69) is 0 Å². The van der Waals surface area contributed by atoms with Crippen molar-refractivity contribution in [1.29, 1.82) is 0 Å². The molecule has 2 N–H and O–H groups in total. The number of aliphatic hydroxyl groups is 2. The Labute approximate surface area is 490 Å². The van der Waals surface area contributed by atoms with E-state index in [0.29, 0.717) is 95.7 Å². The maximum Gasteiger partial charge on any atom is 0.554 e. The minimum Gasteiger partial charge on any atom is -0.394 e. The second-order valence-electron chi connectivity index (χ2n) is 19.8. The molecule has 20 nitrogen and oxygen atoms in total. The predicted octanol–water partition coefficient (Wildman–Crippen LogP) is 2.31. The molecule has 6 aromatic rings. The number of benzene rings is 6. The highest BCUT2D eigenvalue weighted by molar-refractivity contribution is 7.07. The van der Waals surface area contributed by atoms with Gasteiger partial charge in [-0.1, -0.05) is 182 Å². The highest BCUT2D eigenvalue weighted by atomic mass is 28.6. The number of hydrogen-bond acceptors (Lipinski definition) is 20. The summed E-state index contributed by atoms with van der Waals surface area (Å²) < 4.78 is 135. The second-order valence-corrected chi connectivity index (χ2v) is 47.9. The van der Waals surface area contributed by atoms with Crippen LogP contribution in [0, 0.1) is 0 Å². The first-order chi connectivity index (χ1) is 40.0. The SMILES string of the molecule is C[Si]1(CCCOCCOCCO)O[Si]2(c3ccccc3)O[Si]3O[Si]4(c5ccccc5)O[Si](C)(CCCOCCOCCO)O[Si]5(c6ccccc6)O[Si](O[Si](c6ccccc6)(O1)O[Si](c1ccccc1)(O3)O5)O[Si](c1ccccc1)(O2)O4. The molecule has 0 amide bonds. The van der Waals surface area contributed by atoms with Crippen molar-refractivity contribution in [2.45, 2.75) is 38.0 Å². The van der Waals surface area contributed by atoms with E-state index in [-0.39, 0.29) is 26.4 Å². The summed E-state index contributed by atoms with van der Waals surface area (Å²) in [6, 6.07) is 57.7. The standard InChI is InChI=1S/C52H66O20Si10/c1-75(45-21-37-55-41-43-57-39-35-53)65-77(47-23-9-3-10-24-47)59-73-61-79(49-27-13-5-14-28-49)67-76(2,46-22-38-56-42-44-58-40-36-54)68-80(50-29-15-6-16-30-50)62-74(64-81(69-77,71-79)51-31-17-7-18-32-51)60-78(66-75,48-25-11-4-12-26-48)70-82(63-73,72-80)52-33-19-8-20-34-52/h3-20,23-34,53-54H,21-22,35-46H2,1-2H3. The number of aliphatic hydroxyl groups excluding tert-OH is 2. The van der Waals surface area contributed by atoms with Gasteiger partial charge in [-0.2, -0.15) is 0 Å². The number of fused-ring (bicyclic) bond motifs is 4. The van der Waals surface area contributed by atoms with Crippen LogP contribution in [0.5, 0.6) is 0 Å². The molecule has 0 spiro atoms. The molecule has 4 unspecified atom stereocenters. The maximum atomic E-state index is 9.32. The van der Waals surface area contributed by atoms with Crippen LogP contribution >= 0.6 is 0 Å². The van der Waals surface area contributed by atoms with Gasteiger partial charge in [-0.05, 0) is 38.0 Å². The van der Waals surface area contributed by atoms with E-state index >= 15 is 0 Å². The van der Waals surface area contributed by atoms with Gasteiger partial charge in [0.25, 0.3) is 0 Å². The summed E-state index contributed by atoms with van der Waals surface area (Å²) in [7, 11) is -43.6. The molecule has 6 fully saturated rings. The molecule has 2 radical (unpaired) electrons. The fourth-order valence-corrected chi connectivity index (χ4v) is 59.3.